The average molecular weight is 544 g/mol. The van der Waals surface area contributed by atoms with Crippen LogP contribution in [0.2, 0.25) is 0 Å². The van der Waals surface area contributed by atoms with E-state index in [1.807, 2.05) is 0 Å². The lowest BCUT2D eigenvalue weighted by atomic mass is 10.1. The van der Waals surface area contributed by atoms with Crippen LogP contribution in [0.5, 0.6) is 5.75 Å². The molecule has 4 rings (SSSR count). The molecule has 11 heteroatoms. The van der Waals surface area contributed by atoms with E-state index in [0.29, 0.717) is 23.1 Å². The summed E-state index contributed by atoms with van der Waals surface area (Å²) in [6.07, 6.45) is -0.818. The summed E-state index contributed by atoms with van der Waals surface area (Å²) in [7, 11) is 0. The third kappa shape index (κ3) is 5.19. The molecule has 2 aliphatic heterocycles. The van der Waals surface area contributed by atoms with E-state index in [9.17, 15) is 24.0 Å². The number of rotatable bonds is 5. The predicted molar refractivity (Wildman–Crippen MR) is 126 cm³/mol. The maximum absolute atomic E-state index is 12.8. The molecular weight excluding hydrogens is 522 g/mol. The number of carbonyl (C=O) groups is 5. The molecule has 0 atom stereocenters. The zero-order valence-electron chi connectivity index (χ0n) is 18.9. The largest absolute Gasteiger partial charge is 0.513 e. The number of benzene rings is 2. The van der Waals surface area contributed by atoms with Crippen LogP contribution >= 0.6 is 15.9 Å². The molecule has 2 aromatic carbocycles. The van der Waals surface area contributed by atoms with Crippen LogP contribution in [0.15, 0.2) is 46.9 Å². The number of piperazine rings is 1. The number of halogens is 1. The summed E-state index contributed by atoms with van der Waals surface area (Å²) in [4.78, 5) is 66.3. The number of hydrogen-bond acceptors (Lipinski definition) is 7. The number of fused-ring (bicyclic) bond motifs is 1. The van der Waals surface area contributed by atoms with Gasteiger partial charge in [-0.25, -0.2) is 4.79 Å². The molecule has 2 heterocycles. The Balaban J connectivity index is 1.30. The van der Waals surface area contributed by atoms with Crippen LogP contribution in [-0.4, -0.2) is 83.8 Å². The molecule has 0 bridgehead atoms. The molecule has 1 fully saturated rings. The Morgan fingerprint density at radius 2 is 1.51 bits per heavy atom. The standard InChI is InChI=1S/C24H22BrN3O7/c1-2-34-24(33)35-17-6-3-15(4-7-17)21(30)27-11-9-26(10-12-27)20(29)14-28-22(31)18-8-5-16(25)13-19(18)23(28)32/h3-8,13H,2,9-12,14H2,1H3. The molecular formula is C24H22BrN3O7. The van der Waals surface area contributed by atoms with E-state index in [0.717, 1.165) is 4.90 Å². The Bertz CT molecular complexity index is 1190. The molecule has 0 N–H and O–H groups in total. The lowest BCUT2D eigenvalue weighted by Crippen LogP contribution is -2.53. The summed E-state index contributed by atoms with van der Waals surface area (Å²) in [6.45, 7) is 2.69. The van der Waals surface area contributed by atoms with Crippen molar-refractivity contribution < 1.29 is 33.4 Å². The highest BCUT2D eigenvalue weighted by Gasteiger charge is 2.38. The summed E-state index contributed by atoms with van der Waals surface area (Å²) < 4.78 is 10.4. The summed E-state index contributed by atoms with van der Waals surface area (Å²) >= 11 is 3.28. The van der Waals surface area contributed by atoms with Crippen molar-refractivity contribution in [1.29, 1.82) is 0 Å². The first-order valence-electron chi connectivity index (χ1n) is 11.0. The maximum atomic E-state index is 12.8. The predicted octanol–water partition coefficient (Wildman–Crippen LogP) is 2.57. The van der Waals surface area contributed by atoms with Crippen LogP contribution in [0.25, 0.3) is 0 Å². The van der Waals surface area contributed by atoms with Gasteiger partial charge in [0.25, 0.3) is 17.7 Å². The minimum Gasteiger partial charge on any atom is -0.434 e. The molecule has 1 saturated heterocycles. The molecule has 0 saturated carbocycles. The minimum atomic E-state index is -0.818. The van der Waals surface area contributed by atoms with Crippen molar-refractivity contribution in [2.75, 3.05) is 39.3 Å². The fourth-order valence-corrected chi connectivity index (χ4v) is 4.25. The van der Waals surface area contributed by atoms with E-state index in [4.69, 9.17) is 9.47 Å². The van der Waals surface area contributed by atoms with Gasteiger partial charge in [0.05, 0.1) is 17.7 Å². The number of imide groups is 1. The third-order valence-electron chi connectivity index (χ3n) is 5.71. The molecule has 10 nitrogen and oxygen atoms in total. The van der Waals surface area contributed by atoms with Crippen molar-refractivity contribution >= 4 is 45.7 Å². The number of amides is 4. The van der Waals surface area contributed by atoms with Crippen molar-refractivity contribution in [2.24, 2.45) is 0 Å². The molecule has 0 aliphatic carbocycles. The summed E-state index contributed by atoms with van der Waals surface area (Å²) in [5.74, 6) is -1.30. The van der Waals surface area contributed by atoms with Crippen LogP contribution in [0.4, 0.5) is 4.79 Å². The van der Waals surface area contributed by atoms with Gasteiger partial charge < -0.3 is 19.3 Å². The van der Waals surface area contributed by atoms with E-state index in [1.54, 1.807) is 47.1 Å². The highest BCUT2D eigenvalue weighted by Crippen LogP contribution is 2.26. The first-order valence-corrected chi connectivity index (χ1v) is 11.7. The quantitative estimate of drug-likeness (QED) is 0.323. The summed E-state index contributed by atoms with van der Waals surface area (Å²) in [6, 6.07) is 10.9. The van der Waals surface area contributed by atoms with Crippen LogP contribution < -0.4 is 4.74 Å². The Kier molecular flexibility index (Phi) is 7.15. The Labute approximate surface area is 209 Å². The summed E-state index contributed by atoms with van der Waals surface area (Å²) in [5.41, 5.74) is 0.963. The second-order valence-corrected chi connectivity index (χ2v) is 8.78. The SMILES string of the molecule is CCOC(=O)Oc1ccc(C(=O)N2CCN(C(=O)CN3C(=O)c4ccc(Br)cc4C3=O)CC2)cc1. The Morgan fingerprint density at radius 3 is 2.17 bits per heavy atom. The minimum absolute atomic E-state index is 0.195. The van der Waals surface area contributed by atoms with Gasteiger partial charge in [0.2, 0.25) is 5.91 Å². The smallest absolute Gasteiger partial charge is 0.434 e. The van der Waals surface area contributed by atoms with Gasteiger partial charge in [0.15, 0.2) is 0 Å². The highest BCUT2D eigenvalue weighted by molar-refractivity contribution is 9.10. The fraction of sp³-hybridized carbons (Fsp3) is 0.292. The second kappa shape index (κ2) is 10.3. The fourth-order valence-electron chi connectivity index (χ4n) is 3.89. The number of ether oxygens (including phenoxy) is 2. The van der Waals surface area contributed by atoms with E-state index < -0.39 is 18.0 Å². The molecule has 0 aromatic heterocycles. The van der Waals surface area contributed by atoms with Gasteiger partial charge in [0.1, 0.15) is 12.3 Å². The third-order valence-corrected chi connectivity index (χ3v) is 6.20. The molecule has 35 heavy (non-hydrogen) atoms. The topological polar surface area (TPSA) is 114 Å². The second-order valence-electron chi connectivity index (χ2n) is 7.87. The molecule has 2 aromatic rings. The Hall–Kier alpha value is -3.73. The van der Waals surface area contributed by atoms with Crippen molar-refractivity contribution in [3.63, 3.8) is 0 Å². The maximum Gasteiger partial charge on any atom is 0.513 e. The number of nitrogens with zero attached hydrogens (tertiary/aromatic N) is 3. The highest BCUT2D eigenvalue weighted by atomic mass is 79.9. The number of carbonyl (C=O) groups excluding carboxylic acids is 5. The monoisotopic (exact) mass is 543 g/mol. The van der Waals surface area contributed by atoms with Gasteiger partial charge in [-0.3, -0.25) is 24.1 Å². The zero-order chi connectivity index (χ0) is 25.1. The van der Waals surface area contributed by atoms with Crippen LogP contribution in [0, 0.1) is 0 Å². The normalized spacial score (nSPS) is 15.2. The lowest BCUT2D eigenvalue weighted by molar-refractivity contribution is -0.132. The first kappa shape index (κ1) is 24.4. The summed E-state index contributed by atoms with van der Waals surface area (Å²) in [5, 5.41) is 0. The van der Waals surface area contributed by atoms with Crippen molar-refractivity contribution in [3.05, 3.63) is 63.6 Å². The average Bonchev–Trinajstić information content (AvgIpc) is 3.08. The molecule has 4 amide bonds. The molecule has 182 valence electrons. The van der Waals surface area contributed by atoms with Crippen LogP contribution in [-0.2, 0) is 9.53 Å². The zero-order valence-corrected chi connectivity index (χ0v) is 20.4. The van der Waals surface area contributed by atoms with Gasteiger partial charge in [-0.05, 0) is 49.4 Å². The van der Waals surface area contributed by atoms with Crippen LogP contribution in [0.1, 0.15) is 38.0 Å². The molecule has 0 unspecified atom stereocenters. The van der Waals surface area contributed by atoms with Crippen molar-refractivity contribution in [1.82, 2.24) is 14.7 Å². The van der Waals surface area contributed by atoms with Crippen molar-refractivity contribution in [2.45, 2.75) is 6.92 Å². The number of hydrogen-bond donors (Lipinski definition) is 0. The van der Waals surface area contributed by atoms with Gasteiger partial charge in [0, 0.05) is 36.2 Å². The molecule has 2 aliphatic rings. The van der Waals surface area contributed by atoms with E-state index in [1.165, 1.54) is 12.1 Å². The van der Waals surface area contributed by atoms with Gasteiger partial charge >= 0.3 is 6.16 Å². The van der Waals surface area contributed by atoms with E-state index >= 15 is 0 Å². The first-order chi connectivity index (χ1) is 16.8. The molecule has 0 spiro atoms. The van der Waals surface area contributed by atoms with E-state index in [2.05, 4.69) is 15.9 Å². The van der Waals surface area contributed by atoms with Gasteiger partial charge in [-0.15, -0.1) is 0 Å². The molecule has 0 radical (unpaired) electrons. The van der Waals surface area contributed by atoms with Crippen LogP contribution in [0.3, 0.4) is 0 Å². The van der Waals surface area contributed by atoms with Gasteiger partial charge in [-0.1, -0.05) is 15.9 Å². The van der Waals surface area contributed by atoms with E-state index in [-0.39, 0.29) is 54.9 Å². The van der Waals surface area contributed by atoms with Gasteiger partial charge in [-0.2, -0.15) is 0 Å². The Morgan fingerprint density at radius 1 is 0.886 bits per heavy atom. The van der Waals surface area contributed by atoms with Crippen molar-refractivity contribution in [3.8, 4) is 5.75 Å². The lowest BCUT2D eigenvalue weighted by Gasteiger charge is -2.35.